The van der Waals surface area contributed by atoms with Crippen molar-refractivity contribution in [1.29, 1.82) is 0 Å². The minimum atomic E-state index is -1.00. The number of non-ortho nitro benzene ring substituents is 1. The minimum absolute atomic E-state index is 0.0224. The third-order valence-corrected chi connectivity index (χ3v) is 3.33. The van der Waals surface area contributed by atoms with E-state index in [1.54, 1.807) is 6.07 Å². The number of carboxylic acid groups (broad SMARTS) is 1. The molecule has 0 unspecified atom stereocenters. The van der Waals surface area contributed by atoms with Gasteiger partial charge in [0.05, 0.1) is 11.3 Å². The van der Waals surface area contributed by atoms with E-state index in [2.05, 4.69) is 0 Å². The Bertz CT molecular complexity index is 557. The molecule has 20 heavy (non-hydrogen) atoms. The summed E-state index contributed by atoms with van der Waals surface area (Å²) in [5, 5.41) is 19.7. The third-order valence-electron chi connectivity index (χ3n) is 3.33. The number of likely N-dealkylation sites (tertiary alicyclic amines) is 1. The molecule has 0 aromatic heterocycles. The number of hydrogen-bond acceptors (Lipinski definition) is 4. The highest BCUT2D eigenvalue weighted by molar-refractivity contribution is 5.85. The molecule has 1 aromatic rings. The van der Waals surface area contributed by atoms with Crippen molar-refractivity contribution in [3.8, 4) is 0 Å². The molecule has 2 rings (SSSR count). The molecule has 1 aliphatic rings. The zero-order chi connectivity index (χ0) is 14.7. The number of carbonyl (C=O) groups excluding carboxylic acids is 1. The van der Waals surface area contributed by atoms with Crippen LogP contribution in [0, 0.1) is 10.1 Å². The maximum Gasteiger partial charge on any atom is 0.326 e. The first kappa shape index (κ1) is 14.0. The second-order valence-electron chi connectivity index (χ2n) is 4.69. The van der Waals surface area contributed by atoms with Crippen LogP contribution < -0.4 is 0 Å². The molecule has 1 N–H and O–H groups in total. The monoisotopic (exact) mass is 278 g/mol. The first-order chi connectivity index (χ1) is 9.49. The van der Waals surface area contributed by atoms with E-state index in [4.69, 9.17) is 5.11 Å². The maximum absolute atomic E-state index is 12.1. The first-order valence-electron chi connectivity index (χ1n) is 6.24. The fourth-order valence-corrected chi connectivity index (χ4v) is 2.38. The van der Waals surface area contributed by atoms with E-state index in [0.717, 1.165) is 0 Å². The number of benzene rings is 1. The Balaban J connectivity index is 2.09. The Kier molecular flexibility index (Phi) is 3.97. The highest BCUT2D eigenvalue weighted by atomic mass is 16.6. The molecular weight excluding hydrogens is 264 g/mol. The third kappa shape index (κ3) is 2.93. The van der Waals surface area contributed by atoms with Crippen LogP contribution in [0.3, 0.4) is 0 Å². The maximum atomic E-state index is 12.1. The van der Waals surface area contributed by atoms with Crippen LogP contribution in [0.5, 0.6) is 0 Å². The summed E-state index contributed by atoms with van der Waals surface area (Å²) < 4.78 is 0. The Morgan fingerprint density at radius 1 is 1.45 bits per heavy atom. The molecule has 0 aliphatic carbocycles. The fraction of sp³-hybridized carbons (Fsp3) is 0.385. The van der Waals surface area contributed by atoms with Crippen LogP contribution in [-0.2, 0) is 16.0 Å². The van der Waals surface area contributed by atoms with Crippen LogP contribution in [0.25, 0.3) is 0 Å². The Hall–Kier alpha value is -2.44. The van der Waals surface area contributed by atoms with Crippen LogP contribution in [0.1, 0.15) is 18.4 Å². The second kappa shape index (κ2) is 5.68. The summed E-state index contributed by atoms with van der Waals surface area (Å²) in [4.78, 5) is 34.6. The van der Waals surface area contributed by atoms with Gasteiger partial charge >= 0.3 is 5.97 Å². The molecule has 1 saturated heterocycles. The smallest absolute Gasteiger partial charge is 0.326 e. The molecule has 7 heteroatoms. The van der Waals surface area contributed by atoms with Crippen LogP contribution in [0.15, 0.2) is 24.3 Å². The van der Waals surface area contributed by atoms with Gasteiger partial charge in [0.25, 0.3) is 5.69 Å². The van der Waals surface area contributed by atoms with Gasteiger partial charge in [-0.15, -0.1) is 0 Å². The van der Waals surface area contributed by atoms with Crippen molar-refractivity contribution in [2.24, 2.45) is 0 Å². The van der Waals surface area contributed by atoms with Gasteiger partial charge in [0, 0.05) is 18.7 Å². The van der Waals surface area contributed by atoms with Crippen molar-refractivity contribution in [3.05, 3.63) is 39.9 Å². The molecule has 1 atom stereocenters. The molecule has 1 aromatic carbocycles. The van der Waals surface area contributed by atoms with Gasteiger partial charge in [-0.05, 0) is 18.4 Å². The first-order valence-corrected chi connectivity index (χ1v) is 6.24. The number of carbonyl (C=O) groups is 2. The number of nitrogens with zero attached hydrogens (tertiary/aromatic N) is 2. The topological polar surface area (TPSA) is 101 Å². The molecule has 106 valence electrons. The van der Waals surface area contributed by atoms with E-state index < -0.39 is 16.9 Å². The number of amides is 1. The van der Waals surface area contributed by atoms with E-state index in [9.17, 15) is 19.7 Å². The summed E-state index contributed by atoms with van der Waals surface area (Å²) in [7, 11) is 0. The van der Waals surface area contributed by atoms with Gasteiger partial charge in [-0.25, -0.2) is 4.79 Å². The second-order valence-corrected chi connectivity index (χ2v) is 4.69. The molecule has 1 heterocycles. The van der Waals surface area contributed by atoms with Crippen LogP contribution in [-0.4, -0.2) is 39.4 Å². The Morgan fingerprint density at radius 2 is 2.20 bits per heavy atom. The van der Waals surface area contributed by atoms with Crippen LogP contribution in [0.4, 0.5) is 5.69 Å². The van der Waals surface area contributed by atoms with Gasteiger partial charge < -0.3 is 10.0 Å². The van der Waals surface area contributed by atoms with Gasteiger partial charge in [-0.2, -0.15) is 0 Å². The molecule has 0 saturated carbocycles. The fourth-order valence-electron chi connectivity index (χ4n) is 2.38. The minimum Gasteiger partial charge on any atom is -0.480 e. The summed E-state index contributed by atoms with van der Waals surface area (Å²) in [6.07, 6.45) is 1.10. The summed E-state index contributed by atoms with van der Waals surface area (Å²) >= 11 is 0. The van der Waals surface area contributed by atoms with Gasteiger partial charge in [-0.3, -0.25) is 14.9 Å². The zero-order valence-corrected chi connectivity index (χ0v) is 10.7. The summed E-state index contributed by atoms with van der Waals surface area (Å²) in [6, 6.07) is 5.05. The van der Waals surface area contributed by atoms with E-state index in [1.807, 2.05) is 0 Å². The van der Waals surface area contributed by atoms with Crippen molar-refractivity contribution in [3.63, 3.8) is 0 Å². The standard InChI is InChI=1S/C13H14N2O5/c16-12(14-6-2-5-11(14)13(17)18)8-9-3-1-4-10(7-9)15(19)20/h1,3-4,7,11H,2,5-6,8H2,(H,17,18)/t11-/m0/s1. The highest BCUT2D eigenvalue weighted by Crippen LogP contribution is 2.20. The van der Waals surface area contributed by atoms with E-state index in [0.29, 0.717) is 24.9 Å². The number of carboxylic acids is 1. The van der Waals surface area contributed by atoms with Crippen molar-refractivity contribution < 1.29 is 19.6 Å². The number of nitro benzene ring substituents is 1. The van der Waals surface area contributed by atoms with Crippen LogP contribution in [0.2, 0.25) is 0 Å². The average Bonchev–Trinajstić information content (AvgIpc) is 2.88. The predicted molar refractivity (Wildman–Crippen MR) is 69.2 cm³/mol. The summed E-state index contributed by atoms with van der Waals surface area (Å²) in [5.74, 6) is -1.31. The van der Waals surface area contributed by atoms with E-state index in [-0.39, 0.29) is 18.0 Å². The zero-order valence-electron chi connectivity index (χ0n) is 10.7. The predicted octanol–water partition coefficient (Wildman–Crippen LogP) is 1.21. The SMILES string of the molecule is O=C(O)[C@@H]1CCCN1C(=O)Cc1cccc([N+](=O)[O-])c1. The van der Waals surface area contributed by atoms with Gasteiger partial charge in [-0.1, -0.05) is 12.1 Å². The van der Waals surface area contributed by atoms with E-state index in [1.165, 1.54) is 23.1 Å². The number of aliphatic carboxylic acids is 1. The summed E-state index contributed by atoms with van der Waals surface area (Å²) in [5.41, 5.74) is 0.437. The molecule has 1 aliphatic heterocycles. The molecule has 0 spiro atoms. The lowest BCUT2D eigenvalue weighted by Gasteiger charge is -2.21. The lowest BCUT2D eigenvalue weighted by molar-refractivity contribution is -0.384. The normalized spacial score (nSPS) is 18.0. The van der Waals surface area contributed by atoms with Crippen molar-refractivity contribution in [2.45, 2.75) is 25.3 Å². The average molecular weight is 278 g/mol. The van der Waals surface area contributed by atoms with Crippen LogP contribution >= 0.6 is 0 Å². The number of hydrogen-bond donors (Lipinski definition) is 1. The lowest BCUT2D eigenvalue weighted by Crippen LogP contribution is -2.41. The number of nitro groups is 1. The Labute approximate surface area is 115 Å². The molecule has 0 bridgehead atoms. The number of rotatable bonds is 4. The Morgan fingerprint density at radius 3 is 2.85 bits per heavy atom. The molecular formula is C13H14N2O5. The quantitative estimate of drug-likeness (QED) is 0.659. The van der Waals surface area contributed by atoms with Gasteiger partial charge in [0.15, 0.2) is 0 Å². The summed E-state index contributed by atoms with van der Waals surface area (Å²) in [6.45, 7) is 0.421. The highest BCUT2D eigenvalue weighted by Gasteiger charge is 2.33. The largest absolute Gasteiger partial charge is 0.480 e. The van der Waals surface area contributed by atoms with Crippen molar-refractivity contribution in [2.75, 3.05) is 6.54 Å². The molecule has 1 fully saturated rings. The molecule has 7 nitrogen and oxygen atoms in total. The molecule has 0 radical (unpaired) electrons. The van der Waals surface area contributed by atoms with Gasteiger partial charge in [0.1, 0.15) is 6.04 Å². The van der Waals surface area contributed by atoms with Gasteiger partial charge in [0.2, 0.25) is 5.91 Å². The van der Waals surface area contributed by atoms with Crippen molar-refractivity contribution >= 4 is 17.6 Å². The van der Waals surface area contributed by atoms with Crippen molar-refractivity contribution in [1.82, 2.24) is 4.90 Å². The van der Waals surface area contributed by atoms with E-state index >= 15 is 0 Å². The molecule has 1 amide bonds. The lowest BCUT2D eigenvalue weighted by atomic mass is 10.1.